The lowest BCUT2D eigenvalue weighted by molar-refractivity contribution is -0.143. The minimum absolute atomic E-state index is 0.0478. The molecule has 0 saturated carbocycles. The van der Waals surface area contributed by atoms with Crippen LogP contribution in [0.2, 0.25) is 0 Å². The number of amides is 2. The Balaban J connectivity index is 2.48. The third-order valence-corrected chi connectivity index (χ3v) is 3.88. The minimum atomic E-state index is -0.519. The normalized spacial score (nSPS) is 10.9. The molecule has 0 bridgehead atoms. The number of rotatable bonds is 9. The van der Waals surface area contributed by atoms with E-state index in [-0.39, 0.29) is 37.2 Å². The average molecular weight is 348 g/mol. The minimum Gasteiger partial charge on any atom is -0.469 e. The Kier molecular flexibility index (Phi) is 8.11. The quantitative estimate of drug-likeness (QED) is 0.694. The summed E-state index contributed by atoms with van der Waals surface area (Å²) in [5.41, 5.74) is 0.526. The lowest BCUT2D eigenvalue weighted by atomic mass is 9.85. The fraction of sp³-hybridized carbons (Fsp3) is 0.526. The number of likely N-dealkylation sites (N-methyl/N-ethyl adjacent to an activating group) is 1. The van der Waals surface area contributed by atoms with Crippen LogP contribution in [0.15, 0.2) is 30.3 Å². The molecule has 1 aromatic carbocycles. The zero-order chi connectivity index (χ0) is 18.9. The summed E-state index contributed by atoms with van der Waals surface area (Å²) in [4.78, 5) is 37.4. The predicted octanol–water partition coefficient (Wildman–Crippen LogP) is 2.13. The molecule has 0 aliphatic carbocycles. The Morgan fingerprint density at radius 1 is 1.12 bits per heavy atom. The van der Waals surface area contributed by atoms with Crippen LogP contribution in [0, 0.1) is 5.41 Å². The number of ether oxygens (including phenoxy) is 1. The van der Waals surface area contributed by atoms with Crippen molar-refractivity contribution in [2.45, 2.75) is 40.2 Å². The summed E-state index contributed by atoms with van der Waals surface area (Å²) in [5.74, 6) is -0.739. The summed E-state index contributed by atoms with van der Waals surface area (Å²) < 4.78 is 4.64. The second-order valence-electron chi connectivity index (χ2n) is 6.76. The molecule has 0 fully saturated rings. The van der Waals surface area contributed by atoms with E-state index in [1.165, 1.54) is 7.11 Å². The first-order valence-corrected chi connectivity index (χ1v) is 8.42. The summed E-state index contributed by atoms with van der Waals surface area (Å²) in [5, 5.41) is 2.65. The maximum atomic E-state index is 12.3. The molecule has 0 unspecified atom stereocenters. The Bertz CT molecular complexity index is 584. The first-order valence-electron chi connectivity index (χ1n) is 8.42. The molecular formula is C19H28N2O4. The van der Waals surface area contributed by atoms with Crippen LogP contribution in [-0.2, 0) is 25.7 Å². The maximum Gasteiger partial charge on any atom is 0.306 e. The highest BCUT2D eigenvalue weighted by atomic mass is 16.5. The van der Waals surface area contributed by atoms with Crippen LogP contribution in [-0.4, -0.2) is 42.9 Å². The number of benzene rings is 1. The molecule has 0 spiro atoms. The number of methoxy groups -OCH3 is 1. The van der Waals surface area contributed by atoms with Gasteiger partial charge in [-0.25, -0.2) is 0 Å². The van der Waals surface area contributed by atoms with Crippen molar-refractivity contribution in [3.8, 4) is 0 Å². The van der Waals surface area contributed by atoms with Gasteiger partial charge in [0.1, 0.15) is 0 Å². The summed E-state index contributed by atoms with van der Waals surface area (Å²) in [6.45, 7) is 6.57. The fourth-order valence-corrected chi connectivity index (χ4v) is 2.49. The monoisotopic (exact) mass is 348 g/mol. The van der Waals surface area contributed by atoms with Gasteiger partial charge in [0.25, 0.3) is 0 Å². The molecule has 1 N–H and O–H groups in total. The van der Waals surface area contributed by atoms with E-state index in [9.17, 15) is 14.4 Å². The van der Waals surface area contributed by atoms with Gasteiger partial charge in [-0.15, -0.1) is 0 Å². The second-order valence-corrected chi connectivity index (χ2v) is 6.76. The number of nitrogens with one attached hydrogen (secondary N) is 1. The highest BCUT2D eigenvalue weighted by molar-refractivity contribution is 5.85. The smallest absolute Gasteiger partial charge is 0.306 e. The van der Waals surface area contributed by atoms with Crippen LogP contribution in [0.1, 0.15) is 39.2 Å². The van der Waals surface area contributed by atoms with Gasteiger partial charge in [0, 0.05) is 19.5 Å². The van der Waals surface area contributed by atoms with Gasteiger partial charge < -0.3 is 15.0 Å². The Morgan fingerprint density at radius 3 is 2.32 bits per heavy atom. The van der Waals surface area contributed by atoms with Gasteiger partial charge in [-0.1, -0.05) is 44.2 Å². The molecule has 1 aromatic rings. The molecule has 25 heavy (non-hydrogen) atoms. The molecule has 0 radical (unpaired) electrons. The van der Waals surface area contributed by atoms with Gasteiger partial charge in [-0.3, -0.25) is 14.4 Å². The highest BCUT2D eigenvalue weighted by Gasteiger charge is 2.26. The third-order valence-electron chi connectivity index (χ3n) is 3.88. The third kappa shape index (κ3) is 7.83. The van der Waals surface area contributed by atoms with E-state index in [2.05, 4.69) is 10.1 Å². The summed E-state index contributed by atoms with van der Waals surface area (Å²) in [6.07, 6.45) is 0.306. The first-order chi connectivity index (χ1) is 11.8. The Hall–Kier alpha value is -2.37. The number of carbonyl (C=O) groups excluding carboxylic acids is 3. The number of hydrogen-bond donors (Lipinski definition) is 1. The van der Waals surface area contributed by atoms with Crippen LogP contribution in [0.25, 0.3) is 0 Å². The topological polar surface area (TPSA) is 75.7 Å². The van der Waals surface area contributed by atoms with Crippen molar-refractivity contribution in [2.75, 3.05) is 20.2 Å². The zero-order valence-electron chi connectivity index (χ0n) is 15.5. The van der Waals surface area contributed by atoms with Crippen molar-refractivity contribution in [3.63, 3.8) is 0 Å². The molecule has 0 aromatic heterocycles. The van der Waals surface area contributed by atoms with Crippen LogP contribution in [0.3, 0.4) is 0 Å². The second kappa shape index (κ2) is 9.81. The molecule has 138 valence electrons. The van der Waals surface area contributed by atoms with Crippen molar-refractivity contribution >= 4 is 17.8 Å². The van der Waals surface area contributed by atoms with Crippen LogP contribution in [0.5, 0.6) is 0 Å². The van der Waals surface area contributed by atoms with Crippen LogP contribution >= 0.6 is 0 Å². The summed E-state index contributed by atoms with van der Waals surface area (Å²) in [6, 6.07) is 9.71. The van der Waals surface area contributed by atoms with E-state index >= 15 is 0 Å². The van der Waals surface area contributed by atoms with E-state index in [0.29, 0.717) is 13.1 Å². The fourth-order valence-electron chi connectivity index (χ4n) is 2.49. The van der Waals surface area contributed by atoms with Crippen molar-refractivity contribution in [1.29, 1.82) is 0 Å². The van der Waals surface area contributed by atoms with Crippen LogP contribution < -0.4 is 5.32 Å². The summed E-state index contributed by atoms with van der Waals surface area (Å²) in [7, 11) is 1.32. The van der Waals surface area contributed by atoms with Crippen molar-refractivity contribution in [2.24, 2.45) is 5.41 Å². The molecule has 2 amide bonds. The number of esters is 1. The number of hydrogen-bond acceptors (Lipinski definition) is 4. The SMILES string of the molecule is CCN(Cc1ccccc1)C(=O)CNC(=O)CC(C)(C)CC(=O)OC. The van der Waals surface area contributed by atoms with Crippen LogP contribution in [0.4, 0.5) is 0 Å². The Labute approximate surface area is 149 Å². The highest BCUT2D eigenvalue weighted by Crippen LogP contribution is 2.25. The molecule has 0 saturated heterocycles. The lowest BCUT2D eigenvalue weighted by Crippen LogP contribution is -2.40. The lowest BCUT2D eigenvalue weighted by Gasteiger charge is -2.24. The van der Waals surface area contributed by atoms with E-state index in [0.717, 1.165) is 5.56 Å². The van der Waals surface area contributed by atoms with Crippen molar-refractivity contribution in [1.82, 2.24) is 10.2 Å². The molecule has 6 nitrogen and oxygen atoms in total. The number of nitrogens with zero attached hydrogens (tertiary/aromatic N) is 1. The predicted molar refractivity (Wildman–Crippen MR) is 95.6 cm³/mol. The molecule has 0 aliphatic heterocycles. The standard InChI is InChI=1S/C19H28N2O4/c1-5-21(14-15-9-7-6-8-10-15)17(23)13-20-16(22)11-19(2,3)12-18(24)25-4/h6-10H,5,11-14H2,1-4H3,(H,20,22). The van der Waals surface area contributed by atoms with Gasteiger partial charge in [0.15, 0.2) is 0 Å². The number of carbonyl (C=O) groups is 3. The van der Waals surface area contributed by atoms with E-state index < -0.39 is 5.41 Å². The van der Waals surface area contributed by atoms with E-state index in [4.69, 9.17) is 0 Å². The molecule has 6 heteroatoms. The van der Waals surface area contributed by atoms with Gasteiger partial charge in [-0.2, -0.15) is 0 Å². The largest absolute Gasteiger partial charge is 0.469 e. The molecule has 0 aliphatic rings. The van der Waals surface area contributed by atoms with Gasteiger partial charge >= 0.3 is 5.97 Å². The summed E-state index contributed by atoms with van der Waals surface area (Å²) >= 11 is 0. The van der Waals surface area contributed by atoms with Crippen molar-refractivity contribution < 1.29 is 19.1 Å². The molecular weight excluding hydrogens is 320 g/mol. The molecule has 0 atom stereocenters. The molecule has 0 heterocycles. The van der Waals surface area contributed by atoms with Crippen molar-refractivity contribution in [3.05, 3.63) is 35.9 Å². The van der Waals surface area contributed by atoms with E-state index in [1.807, 2.05) is 51.1 Å². The van der Waals surface area contributed by atoms with Gasteiger partial charge in [0.05, 0.1) is 20.1 Å². The van der Waals surface area contributed by atoms with Gasteiger partial charge in [-0.05, 0) is 17.9 Å². The zero-order valence-corrected chi connectivity index (χ0v) is 15.5. The maximum absolute atomic E-state index is 12.3. The average Bonchev–Trinajstić information content (AvgIpc) is 2.57. The van der Waals surface area contributed by atoms with Gasteiger partial charge in [0.2, 0.25) is 11.8 Å². The van der Waals surface area contributed by atoms with E-state index in [1.54, 1.807) is 4.90 Å². The first kappa shape index (κ1) is 20.7. The molecule has 1 rings (SSSR count). The Morgan fingerprint density at radius 2 is 1.76 bits per heavy atom.